The van der Waals surface area contributed by atoms with Gasteiger partial charge in [-0.3, -0.25) is 4.90 Å². The van der Waals surface area contributed by atoms with Crippen LogP contribution in [0.3, 0.4) is 0 Å². The highest BCUT2D eigenvalue weighted by Gasteiger charge is 2.00. The van der Waals surface area contributed by atoms with Gasteiger partial charge in [0.15, 0.2) is 0 Å². The Bertz CT molecular complexity index is 283. The standard InChI is InChI=1S/C13H17N.C2H7N/c1-3-10-14(11-4-2)12-13-8-6-5-7-9-13;1-3-2/h3-9H,1-2,10-12H2;3H,1-2H3. The predicted octanol–water partition coefficient (Wildman–Crippen LogP) is 2.70. The Kier molecular flexibility index (Phi) is 10.2. The number of hydrogen-bond donors (Lipinski definition) is 1. The Balaban J connectivity index is 0.000000770. The third kappa shape index (κ3) is 8.43. The van der Waals surface area contributed by atoms with Crippen molar-refractivity contribution in [2.45, 2.75) is 6.54 Å². The SMILES string of the molecule is C=CCN(CC=C)Cc1ccccc1.CNC. The number of benzene rings is 1. The molecule has 0 radical (unpaired) electrons. The molecule has 0 amide bonds. The minimum Gasteiger partial charge on any atom is -0.323 e. The van der Waals surface area contributed by atoms with Gasteiger partial charge in [0.25, 0.3) is 0 Å². The molecule has 2 nitrogen and oxygen atoms in total. The third-order valence-corrected chi connectivity index (χ3v) is 2.02. The van der Waals surface area contributed by atoms with Gasteiger partial charge in [-0.15, -0.1) is 13.2 Å². The summed E-state index contributed by atoms with van der Waals surface area (Å²) in [7, 11) is 3.75. The fraction of sp³-hybridized carbons (Fsp3) is 0.333. The monoisotopic (exact) mass is 232 g/mol. The van der Waals surface area contributed by atoms with E-state index in [2.05, 4.69) is 47.6 Å². The van der Waals surface area contributed by atoms with Crippen molar-refractivity contribution >= 4 is 0 Å². The van der Waals surface area contributed by atoms with Gasteiger partial charge in [-0.05, 0) is 19.7 Å². The lowest BCUT2D eigenvalue weighted by molar-refractivity contribution is 0.328. The smallest absolute Gasteiger partial charge is 0.0240 e. The number of nitrogens with one attached hydrogen (secondary N) is 1. The zero-order valence-corrected chi connectivity index (χ0v) is 11.0. The normalized spacial score (nSPS) is 9.35. The Morgan fingerprint density at radius 3 is 1.94 bits per heavy atom. The Morgan fingerprint density at radius 1 is 1.06 bits per heavy atom. The summed E-state index contributed by atoms with van der Waals surface area (Å²) in [5, 5.41) is 2.75. The minimum absolute atomic E-state index is 0.904. The highest BCUT2D eigenvalue weighted by atomic mass is 15.1. The molecule has 0 saturated carbocycles. The zero-order valence-electron chi connectivity index (χ0n) is 11.0. The summed E-state index contributed by atoms with van der Waals surface area (Å²) in [6, 6.07) is 10.4. The van der Waals surface area contributed by atoms with E-state index in [1.165, 1.54) is 5.56 Å². The van der Waals surface area contributed by atoms with Gasteiger partial charge >= 0.3 is 0 Å². The fourth-order valence-corrected chi connectivity index (χ4v) is 1.41. The van der Waals surface area contributed by atoms with Crippen LogP contribution in [0.4, 0.5) is 0 Å². The molecule has 1 rings (SSSR count). The van der Waals surface area contributed by atoms with Crippen molar-refractivity contribution in [3.8, 4) is 0 Å². The Hall–Kier alpha value is -1.38. The van der Waals surface area contributed by atoms with E-state index in [-0.39, 0.29) is 0 Å². The summed E-state index contributed by atoms with van der Waals surface area (Å²) >= 11 is 0. The molecule has 0 aliphatic rings. The maximum absolute atomic E-state index is 3.75. The lowest BCUT2D eigenvalue weighted by Gasteiger charge is -2.18. The molecule has 0 fully saturated rings. The van der Waals surface area contributed by atoms with Crippen LogP contribution in [0.25, 0.3) is 0 Å². The molecule has 1 N–H and O–H groups in total. The number of nitrogens with zero attached hydrogens (tertiary/aromatic N) is 1. The van der Waals surface area contributed by atoms with E-state index in [0.29, 0.717) is 0 Å². The summed E-state index contributed by atoms with van der Waals surface area (Å²) in [6.45, 7) is 10.3. The van der Waals surface area contributed by atoms with E-state index in [0.717, 1.165) is 19.6 Å². The van der Waals surface area contributed by atoms with Crippen LogP contribution in [0.1, 0.15) is 5.56 Å². The summed E-state index contributed by atoms with van der Waals surface area (Å²) in [6.07, 6.45) is 3.85. The van der Waals surface area contributed by atoms with Crippen molar-refractivity contribution in [1.29, 1.82) is 0 Å². The third-order valence-electron chi connectivity index (χ3n) is 2.02. The van der Waals surface area contributed by atoms with Gasteiger partial charge < -0.3 is 5.32 Å². The second-order valence-corrected chi connectivity index (χ2v) is 3.76. The van der Waals surface area contributed by atoms with Crippen LogP contribution in [0.15, 0.2) is 55.6 Å². The lowest BCUT2D eigenvalue weighted by Crippen LogP contribution is -2.23. The first kappa shape index (κ1) is 15.6. The lowest BCUT2D eigenvalue weighted by atomic mass is 10.2. The molecule has 1 aromatic carbocycles. The van der Waals surface area contributed by atoms with E-state index >= 15 is 0 Å². The summed E-state index contributed by atoms with van der Waals surface area (Å²) < 4.78 is 0. The molecule has 0 unspecified atom stereocenters. The van der Waals surface area contributed by atoms with Crippen molar-refractivity contribution in [2.24, 2.45) is 0 Å². The average molecular weight is 232 g/mol. The molecule has 0 aromatic heterocycles. The second-order valence-electron chi connectivity index (χ2n) is 3.76. The van der Waals surface area contributed by atoms with Crippen LogP contribution in [0, 0.1) is 0 Å². The quantitative estimate of drug-likeness (QED) is 0.759. The molecule has 2 heteroatoms. The van der Waals surface area contributed by atoms with Crippen LogP contribution in [-0.4, -0.2) is 32.1 Å². The van der Waals surface area contributed by atoms with Crippen LogP contribution in [0.5, 0.6) is 0 Å². The van der Waals surface area contributed by atoms with Crippen LogP contribution < -0.4 is 5.32 Å². The number of hydrogen-bond acceptors (Lipinski definition) is 2. The van der Waals surface area contributed by atoms with Gasteiger partial charge in [-0.1, -0.05) is 42.5 Å². The van der Waals surface area contributed by atoms with Gasteiger partial charge in [0.2, 0.25) is 0 Å². The highest BCUT2D eigenvalue weighted by molar-refractivity contribution is 5.14. The van der Waals surface area contributed by atoms with Crippen molar-refractivity contribution in [3.05, 3.63) is 61.2 Å². The first-order chi connectivity index (χ1) is 8.28. The average Bonchev–Trinajstić information content (AvgIpc) is 2.32. The molecule has 0 spiro atoms. The van der Waals surface area contributed by atoms with Crippen molar-refractivity contribution in [1.82, 2.24) is 10.2 Å². The zero-order chi connectivity index (χ0) is 12.9. The van der Waals surface area contributed by atoms with Gasteiger partial charge in [-0.25, -0.2) is 0 Å². The largest absolute Gasteiger partial charge is 0.323 e. The summed E-state index contributed by atoms with van der Waals surface area (Å²) in [4.78, 5) is 2.29. The maximum Gasteiger partial charge on any atom is 0.0240 e. The first-order valence-electron chi connectivity index (χ1n) is 5.85. The minimum atomic E-state index is 0.904. The number of rotatable bonds is 6. The highest BCUT2D eigenvalue weighted by Crippen LogP contribution is 2.03. The van der Waals surface area contributed by atoms with Crippen LogP contribution in [0.2, 0.25) is 0 Å². The first-order valence-corrected chi connectivity index (χ1v) is 5.85. The van der Waals surface area contributed by atoms with Crippen molar-refractivity contribution in [2.75, 3.05) is 27.2 Å². The van der Waals surface area contributed by atoms with E-state index < -0.39 is 0 Å². The van der Waals surface area contributed by atoms with Gasteiger partial charge in [-0.2, -0.15) is 0 Å². The van der Waals surface area contributed by atoms with Gasteiger partial charge in [0.05, 0.1) is 0 Å². The van der Waals surface area contributed by atoms with E-state index in [9.17, 15) is 0 Å². The molecule has 17 heavy (non-hydrogen) atoms. The van der Waals surface area contributed by atoms with Gasteiger partial charge in [0.1, 0.15) is 0 Å². The van der Waals surface area contributed by atoms with Crippen LogP contribution in [-0.2, 0) is 6.54 Å². The molecular formula is C15H24N2. The van der Waals surface area contributed by atoms with Crippen LogP contribution >= 0.6 is 0 Å². The van der Waals surface area contributed by atoms with E-state index in [1.807, 2.05) is 32.3 Å². The molecule has 0 heterocycles. The molecule has 94 valence electrons. The molecule has 0 atom stereocenters. The molecular weight excluding hydrogens is 208 g/mol. The van der Waals surface area contributed by atoms with Gasteiger partial charge in [0, 0.05) is 19.6 Å². The second kappa shape index (κ2) is 11.1. The fourth-order valence-electron chi connectivity index (χ4n) is 1.41. The Morgan fingerprint density at radius 2 is 1.53 bits per heavy atom. The summed E-state index contributed by atoms with van der Waals surface area (Å²) in [5.41, 5.74) is 1.33. The summed E-state index contributed by atoms with van der Waals surface area (Å²) in [5.74, 6) is 0. The molecule has 0 aliphatic heterocycles. The predicted molar refractivity (Wildman–Crippen MR) is 77.1 cm³/mol. The van der Waals surface area contributed by atoms with E-state index in [4.69, 9.17) is 0 Å². The maximum atomic E-state index is 3.75. The Labute approximate surface area is 106 Å². The van der Waals surface area contributed by atoms with E-state index in [1.54, 1.807) is 0 Å². The topological polar surface area (TPSA) is 15.3 Å². The van der Waals surface area contributed by atoms with Crippen molar-refractivity contribution in [3.63, 3.8) is 0 Å². The molecule has 1 aromatic rings. The van der Waals surface area contributed by atoms with Crippen molar-refractivity contribution < 1.29 is 0 Å². The molecule has 0 bridgehead atoms. The molecule has 0 saturated heterocycles. The molecule has 0 aliphatic carbocycles.